The van der Waals surface area contributed by atoms with Crippen molar-refractivity contribution in [3.05, 3.63) is 54.1 Å². The fourth-order valence-electron chi connectivity index (χ4n) is 1.79. The lowest BCUT2D eigenvalue weighted by molar-refractivity contribution is -0.274. The molecule has 0 bridgehead atoms. The van der Waals surface area contributed by atoms with Gasteiger partial charge < -0.3 is 14.3 Å². The molecule has 0 saturated heterocycles. The van der Waals surface area contributed by atoms with Gasteiger partial charge in [-0.1, -0.05) is 6.07 Å². The highest BCUT2D eigenvalue weighted by molar-refractivity contribution is 8.00. The van der Waals surface area contributed by atoms with Crippen molar-refractivity contribution in [2.45, 2.75) is 18.2 Å². The van der Waals surface area contributed by atoms with Gasteiger partial charge in [-0.05, 0) is 67.6 Å². The summed E-state index contributed by atoms with van der Waals surface area (Å²) in [5, 5.41) is 0. The highest BCUT2D eigenvalue weighted by atomic mass is 32.2. The van der Waals surface area contributed by atoms with Crippen LogP contribution >= 0.6 is 23.7 Å². The lowest BCUT2D eigenvalue weighted by Gasteiger charge is -2.10. The Kier molecular flexibility index (Phi) is 9.81. The van der Waals surface area contributed by atoms with Gasteiger partial charge >= 0.3 is 6.36 Å². The van der Waals surface area contributed by atoms with E-state index in [-0.39, 0.29) is 11.5 Å². The van der Waals surface area contributed by atoms with Crippen molar-refractivity contribution in [1.29, 1.82) is 0 Å². The van der Waals surface area contributed by atoms with Crippen molar-refractivity contribution >= 4 is 41.5 Å². The number of rotatable bonds is 7. The standard InChI is InChI=1S/C16H14F3NO2S2.C2H4O/c1-23-10-15(21)11-5-7-12(8-6-11)20-24-14-4-2-3-13(9-14)22-16(17,18)19;1-2-3/h2-9,20H,10H2,1H3;2H,1H3. The second-order valence-electron chi connectivity index (χ2n) is 4.90. The van der Waals surface area contributed by atoms with Crippen molar-refractivity contribution in [2.75, 3.05) is 16.7 Å². The molecule has 0 saturated carbocycles. The molecule has 0 heterocycles. The minimum atomic E-state index is -4.71. The summed E-state index contributed by atoms with van der Waals surface area (Å²) in [6.07, 6.45) is -2.10. The molecule has 0 aromatic heterocycles. The predicted octanol–water partition coefficient (Wildman–Crippen LogP) is 5.46. The number of ketones is 1. The second kappa shape index (κ2) is 11.6. The van der Waals surface area contributed by atoms with E-state index in [1.807, 2.05) is 6.26 Å². The maximum atomic E-state index is 12.2. The van der Waals surface area contributed by atoms with Crippen LogP contribution in [0.3, 0.4) is 0 Å². The smallest absolute Gasteiger partial charge is 0.406 e. The maximum absolute atomic E-state index is 12.2. The Morgan fingerprint density at radius 2 is 1.81 bits per heavy atom. The van der Waals surface area contributed by atoms with E-state index in [1.54, 1.807) is 30.3 Å². The number of halogens is 3. The molecule has 0 unspecified atom stereocenters. The topological polar surface area (TPSA) is 55.4 Å². The molecule has 2 rings (SSSR count). The summed E-state index contributed by atoms with van der Waals surface area (Å²) in [7, 11) is 0. The Morgan fingerprint density at radius 1 is 1.19 bits per heavy atom. The quantitative estimate of drug-likeness (QED) is 0.367. The molecule has 2 aromatic rings. The maximum Gasteiger partial charge on any atom is 0.573 e. The highest BCUT2D eigenvalue weighted by Gasteiger charge is 2.31. The predicted molar refractivity (Wildman–Crippen MR) is 103 cm³/mol. The van der Waals surface area contributed by atoms with Crippen molar-refractivity contribution in [3.8, 4) is 5.75 Å². The number of ether oxygens (including phenoxy) is 1. The molecule has 4 nitrogen and oxygen atoms in total. The molecule has 0 fully saturated rings. The van der Waals surface area contributed by atoms with Crippen LogP contribution in [0.15, 0.2) is 53.4 Å². The molecule has 0 radical (unpaired) electrons. The third kappa shape index (κ3) is 9.39. The van der Waals surface area contributed by atoms with Gasteiger partial charge in [0.1, 0.15) is 12.0 Å². The zero-order valence-electron chi connectivity index (χ0n) is 14.6. The molecule has 0 aliphatic carbocycles. The van der Waals surface area contributed by atoms with Gasteiger partial charge in [0.25, 0.3) is 0 Å². The molecule has 9 heteroatoms. The summed E-state index contributed by atoms with van der Waals surface area (Å²) in [4.78, 5) is 21.1. The van der Waals surface area contributed by atoms with Crippen LogP contribution in [-0.4, -0.2) is 30.4 Å². The average molecular weight is 417 g/mol. The number of anilines is 1. The van der Waals surface area contributed by atoms with E-state index in [9.17, 15) is 18.0 Å². The zero-order valence-corrected chi connectivity index (χ0v) is 16.2. The van der Waals surface area contributed by atoms with Crippen LogP contribution in [0.5, 0.6) is 5.75 Å². The van der Waals surface area contributed by atoms with Gasteiger partial charge in [-0.15, -0.1) is 13.2 Å². The summed E-state index contributed by atoms with van der Waals surface area (Å²) >= 11 is 2.61. The van der Waals surface area contributed by atoms with Crippen LogP contribution in [0.2, 0.25) is 0 Å². The lowest BCUT2D eigenvalue weighted by atomic mass is 10.1. The van der Waals surface area contributed by atoms with Gasteiger partial charge in [0.15, 0.2) is 5.78 Å². The third-order valence-corrected chi connectivity index (χ3v) is 4.19. The van der Waals surface area contributed by atoms with E-state index in [0.29, 0.717) is 16.2 Å². The molecule has 0 atom stereocenters. The van der Waals surface area contributed by atoms with Crippen molar-refractivity contribution in [3.63, 3.8) is 0 Å². The molecular weight excluding hydrogens is 399 g/mol. The number of hydrogen-bond donors (Lipinski definition) is 1. The van der Waals surface area contributed by atoms with Crippen LogP contribution in [0.25, 0.3) is 0 Å². The summed E-state index contributed by atoms with van der Waals surface area (Å²) in [6, 6.07) is 12.6. The number of carbonyl (C=O) groups excluding carboxylic acids is 2. The van der Waals surface area contributed by atoms with E-state index in [0.717, 1.165) is 23.9 Å². The number of carbonyl (C=O) groups is 2. The second-order valence-corrected chi connectivity index (χ2v) is 6.64. The van der Waals surface area contributed by atoms with Gasteiger partial charge in [-0.3, -0.25) is 4.79 Å². The fraction of sp³-hybridized carbons (Fsp3) is 0.222. The Balaban J connectivity index is 0.00000114. The Bertz CT molecular complexity index is 737. The number of aldehydes is 1. The zero-order chi connectivity index (χ0) is 20.3. The molecule has 146 valence electrons. The first kappa shape index (κ1) is 22.9. The van der Waals surface area contributed by atoms with Crippen LogP contribution in [0, 0.1) is 0 Å². The highest BCUT2D eigenvalue weighted by Crippen LogP contribution is 2.28. The first-order valence-corrected chi connectivity index (χ1v) is 9.80. The Labute approximate surface area is 164 Å². The number of nitrogens with one attached hydrogen (secondary N) is 1. The number of Topliss-reactive ketones (excluding diaryl/α,β-unsaturated/α-hetero) is 1. The van der Waals surface area contributed by atoms with Crippen LogP contribution in [0.1, 0.15) is 17.3 Å². The fourth-order valence-corrected chi connectivity index (χ4v) is 2.91. The van der Waals surface area contributed by atoms with Gasteiger partial charge in [-0.25, -0.2) is 0 Å². The van der Waals surface area contributed by atoms with Crippen molar-refractivity contribution in [2.24, 2.45) is 0 Å². The molecule has 0 aliphatic heterocycles. The summed E-state index contributed by atoms with van der Waals surface area (Å²) in [5.74, 6) is 0.207. The van der Waals surface area contributed by atoms with Crippen molar-refractivity contribution < 1.29 is 27.5 Å². The van der Waals surface area contributed by atoms with E-state index in [2.05, 4.69) is 9.46 Å². The number of benzene rings is 2. The Hall–Kier alpha value is -2.13. The monoisotopic (exact) mass is 417 g/mol. The largest absolute Gasteiger partial charge is 0.573 e. The Morgan fingerprint density at radius 3 is 2.37 bits per heavy atom. The molecule has 0 spiro atoms. The third-order valence-electron chi connectivity index (χ3n) is 2.81. The minimum Gasteiger partial charge on any atom is -0.406 e. The van der Waals surface area contributed by atoms with Gasteiger partial charge in [0.2, 0.25) is 0 Å². The summed E-state index contributed by atoms with van der Waals surface area (Å²) in [6.45, 7) is 1.44. The number of hydrogen-bond acceptors (Lipinski definition) is 6. The van der Waals surface area contributed by atoms with Crippen LogP contribution in [0.4, 0.5) is 18.9 Å². The molecule has 0 amide bonds. The number of thioether (sulfide) groups is 1. The van der Waals surface area contributed by atoms with E-state index >= 15 is 0 Å². The van der Waals surface area contributed by atoms with Gasteiger partial charge in [0, 0.05) is 16.1 Å². The van der Waals surface area contributed by atoms with Crippen LogP contribution < -0.4 is 9.46 Å². The first-order valence-electron chi connectivity index (χ1n) is 7.59. The van der Waals surface area contributed by atoms with E-state index < -0.39 is 6.36 Å². The van der Waals surface area contributed by atoms with Gasteiger partial charge in [-0.2, -0.15) is 11.8 Å². The SMILES string of the molecule is CC=O.CSCC(=O)c1ccc(NSc2cccc(OC(F)(F)F)c2)cc1. The molecule has 1 N–H and O–H groups in total. The van der Waals surface area contributed by atoms with E-state index in [4.69, 9.17) is 4.79 Å². The minimum absolute atomic E-state index is 0.0544. The first-order chi connectivity index (χ1) is 12.8. The summed E-state index contributed by atoms with van der Waals surface area (Å²) < 4.78 is 43.5. The van der Waals surface area contributed by atoms with Crippen molar-refractivity contribution in [1.82, 2.24) is 0 Å². The van der Waals surface area contributed by atoms with Gasteiger partial charge in [0.05, 0.1) is 5.75 Å². The molecule has 2 aromatic carbocycles. The molecular formula is C18H18F3NO3S2. The lowest BCUT2D eigenvalue weighted by Crippen LogP contribution is -2.17. The molecule has 27 heavy (non-hydrogen) atoms. The molecule has 0 aliphatic rings. The van der Waals surface area contributed by atoms with Crippen LogP contribution in [-0.2, 0) is 4.79 Å². The normalized spacial score (nSPS) is 10.4. The van der Waals surface area contributed by atoms with E-state index in [1.165, 1.54) is 36.9 Å². The summed E-state index contributed by atoms with van der Waals surface area (Å²) in [5.41, 5.74) is 1.36. The number of alkyl halides is 3. The average Bonchev–Trinajstić information content (AvgIpc) is 2.60.